The number of rotatable bonds is 11. The Morgan fingerprint density at radius 3 is 1.60 bits per heavy atom. The molecule has 0 saturated carbocycles. The summed E-state index contributed by atoms with van der Waals surface area (Å²) < 4.78 is 10.5. The van der Waals surface area contributed by atoms with Gasteiger partial charge >= 0.3 is 0 Å². The van der Waals surface area contributed by atoms with E-state index in [4.69, 9.17) is 8.83 Å². The van der Waals surface area contributed by atoms with Gasteiger partial charge in [-0.05, 0) is 50.2 Å². The van der Waals surface area contributed by atoms with Gasteiger partial charge in [0.25, 0.3) is 0 Å². The van der Waals surface area contributed by atoms with Crippen molar-refractivity contribution in [3.8, 4) is 0 Å². The molecule has 0 amide bonds. The second-order valence-electron chi connectivity index (χ2n) is 4.93. The molecule has 0 aliphatic rings. The minimum atomic E-state index is 0.831. The quantitative estimate of drug-likeness (QED) is 0.618. The Kier molecular flexibility index (Phi) is 6.99. The van der Waals surface area contributed by atoms with Crippen molar-refractivity contribution < 1.29 is 8.83 Å². The van der Waals surface area contributed by atoms with Gasteiger partial charge in [0.2, 0.25) is 0 Å². The highest BCUT2D eigenvalue weighted by atomic mass is 16.3. The molecule has 0 fully saturated rings. The average Bonchev–Trinajstić information content (AvgIpc) is 3.14. The van der Waals surface area contributed by atoms with Gasteiger partial charge in [0, 0.05) is 0 Å². The van der Waals surface area contributed by atoms with E-state index < -0.39 is 0 Å². The van der Waals surface area contributed by atoms with Crippen LogP contribution in [-0.2, 0) is 13.1 Å². The predicted molar refractivity (Wildman–Crippen MR) is 79.3 cm³/mol. The molecule has 0 bridgehead atoms. The van der Waals surface area contributed by atoms with Gasteiger partial charge in [-0.25, -0.2) is 0 Å². The topological polar surface area (TPSA) is 50.3 Å². The molecule has 0 aliphatic carbocycles. The van der Waals surface area contributed by atoms with E-state index in [0.717, 1.165) is 37.7 Å². The summed E-state index contributed by atoms with van der Waals surface area (Å²) in [7, 11) is 0. The summed E-state index contributed by atoms with van der Waals surface area (Å²) in [5, 5.41) is 6.77. The lowest BCUT2D eigenvalue weighted by Crippen LogP contribution is -2.15. The van der Waals surface area contributed by atoms with Gasteiger partial charge in [-0.15, -0.1) is 0 Å². The molecular formula is C16H24N2O2. The van der Waals surface area contributed by atoms with Gasteiger partial charge in [0.15, 0.2) is 0 Å². The zero-order valence-corrected chi connectivity index (χ0v) is 11.9. The van der Waals surface area contributed by atoms with Gasteiger partial charge in [-0.2, -0.15) is 0 Å². The van der Waals surface area contributed by atoms with Gasteiger partial charge in [0.05, 0.1) is 25.6 Å². The van der Waals surface area contributed by atoms with Crippen molar-refractivity contribution >= 4 is 0 Å². The van der Waals surface area contributed by atoms with E-state index in [1.807, 2.05) is 24.3 Å². The molecule has 2 N–H and O–H groups in total. The highest BCUT2D eigenvalue weighted by molar-refractivity contribution is 4.97. The summed E-state index contributed by atoms with van der Waals surface area (Å²) in [6, 6.07) is 7.84. The molecule has 0 atom stereocenters. The maximum Gasteiger partial charge on any atom is 0.117 e. The SMILES string of the molecule is c1coc(CNCCCCCCNCc2ccco2)c1. The molecule has 0 spiro atoms. The molecule has 0 aliphatic heterocycles. The first-order valence-electron chi connectivity index (χ1n) is 7.41. The third kappa shape index (κ3) is 6.08. The molecule has 110 valence electrons. The van der Waals surface area contributed by atoms with Gasteiger partial charge in [-0.3, -0.25) is 0 Å². The summed E-state index contributed by atoms with van der Waals surface area (Å²) >= 11 is 0. The number of nitrogens with one attached hydrogen (secondary N) is 2. The Bertz CT molecular complexity index is 381. The Hall–Kier alpha value is -1.52. The lowest BCUT2D eigenvalue weighted by atomic mass is 10.2. The Morgan fingerprint density at radius 1 is 0.700 bits per heavy atom. The molecule has 0 saturated heterocycles. The fourth-order valence-corrected chi connectivity index (χ4v) is 2.10. The smallest absolute Gasteiger partial charge is 0.117 e. The van der Waals surface area contributed by atoms with Crippen LogP contribution in [0, 0.1) is 0 Å². The number of unbranched alkanes of at least 4 members (excludes halogenated alkanes) is 3. The van der Waals surface area contributed by atoms with E-state index in [9.17, 15) is 0 Å². The van der Waals surface area contributed by atoms with Crippen molar-refractivity contribution in [3.05, 3.63) is 48.3 Å². The van der Waals surface area contributed by atoms with Gasteiger partial charge < -0.3 is 19.5 Å². The van der Waals surface area contributed by atoms with E-state index >= 15 is 0 Å². The predicted octanol–water partition coefficient (Wildman–Crippen LogP) is 3.31. The average molecular weight is 276 g/mol. The fourth-order valence-electron chi connectivity index (χ4n) is 2.10. The summed E-state index contributed by atoms with van der Waals surface area (Å²) in [4.78, 5) is 0. The maximum atomic E-state index is 5.26. The second-order valence-corrected chi connectivity index (χ2v) is 4.93. The minimum absolute atomic E-state index is 0.831. The van der Waals surface area contributed by atoms with Crippen LogP contribution in [0.25, 0.3) is 0 Å². The Labute approximate surface area is 120 Å². The van der Waals surface area contributed by atoms with Crippen LogP contribution in [0.4, 0.5) is 0 Å². The molecule has 2 aromatic heterocycles. The summed E-state index contributed by atoms with van der Waals surface area (Å²) in [5.41, 5.74) is 0. The molecule has 4 nitrogen and oxygen atoms in total. The zero-order chi connectivity index (χ0) is 13.9. The molecule has 2 aromatic rings. The summed E-state index contributed by atoms with van der Waals surface area (Å²) in [6.45, 7) is 3.77. The van der Waals surface area contributed by atoms with Crippen LogP contribution in [0.15, 0.2) is 45.6 Å². The van der Waals surface area contributed by atoms with Crippen molar-refractivity contribution in [2.24, 2.45) is 0 Å². The Balaban J connectivity index is 1.33. The number of furan rings is 2. The Morgan fingerprint density at radius 2 is 1.20 bits per heavy atom. The minimum Gasteiger partial charge on any atom is -0.468 e. The van der Waals surface area contributed by atoms with E-state index in [1.54, 1.807) is 12.5 Å². The second kappa shape index (κ2) is 9.39. The van der Waals surface area contributed by atoms with Crippen LogP contribution in [0.5, 0.6) is 0 Å². The zero-order valence-electron chi connectivity index (χ0n) is 11.9. The molecule has 0 radical (unpaired) electrons. The van der Waals surface area contributed by atoms with Crippen molar-refractivity contribution in [1.29, 1.82) is 0 Å². The van der Waals surface area contributed by atoms with Crippen molar-refractivity contribution in [3.63, 3.8) is 0 Å². The molecule has 2 heterocycles. The lowest BCUT2D eigenvalue weighted by Gasteiger charge is -2.04. The van der Waals surface area contributed by atoms with Crippen LogP contribution in [0.1, 0.15) is 37.2 Å². The van der Waals surface area contributed by atoms with Gasteiger partial charge in [-0.1, -0.05) is 12.8 Å². The van der Waals surface area contributed by atoms with E-state index in [0.29, 0.717) is 0 Å². The van der Waals surface area contributed by atoms with E-state index in [1.165, 1.54) is 25.7 Å². The van der Waals surface area contributed by atoms with Crippen molar-refractivity contribution in [2.45, 2.75) is 38.8 Å². The normalized spacial score (nSPS) is 11.0. The standard InChI is InChI=1S/C16H24N2O2/c1(3-9-17-13-15-7-5-11-19-15)2-4-10-18-14-16-8-6-12-20-16/h5-8,11-12,17-18H,1-4,9-10,13-14H2. The van der Waals surface area contributed by atoms with Crippen molar-refractivity contribution in [1.82, 2.24) is 10.6 Å². The summed E-state index contributed by atoms with van der Waals surface area (Å²) in [5.74, 6) is 2.01. The number of hydrogen-bond acceptors (Lipinski definition) is 4. The highest BCUT2D eigenvalue weighted by Crippen LogP contribution is 2.02. The third-order valence-electron chi connectivity index (χ3n) is 3.22. The first-order chi connectivity index (χ1) is 9.95. The van der Waals surface area contributed by atoms with Crippen LogP contribution < -0.4 is 10.6 Å². The largest absolute Gasteiger partial charge is 0.468 e. The highest BCUT2D eigenvalue weighted by Gasteiger charge is 1.96. The molecule has 0 unspecified atom stereocenters. The maximum absolute atomic E-state index is 5.26. The number of hydrogen-bond donors (Lipinski definition) is 2. The van der Waals surface area contributed by atoms with E-state index in [2.05, 4.69) is 10.6 Å². The third-order valence-corrected chi connectivity index (χ3v) is 3.22. The van der Waals surface area contributed by atoms with Crippen molar-refractivity contribution in [2.75, 3.05) is 13.1 Å². The van der Waals surface area contributed by atoms with Crippen LogP contribution in [-0.4, -0.2) is 13.1 Å². The fraction of sp³-hybridized carbons (Fsp3) is 0.500. The molecule has 2 rings (SSSR count). The van der Waals surface area contributed by atoms with E-state index in [-0.39, 0.29) is 0 Å². The monoisotopic (exact) mass is 276 g/mol. The molecule has 4 heteroatoms. The van der Waals surface area contributed by atoms with Crippen LogP contribution in [0.3, 0.4) is 0 Å². The van der Waals surface area contributed by atoms with Gasteiger partial charge in [0.1, 0.15) is 11.5 Å². The summed E-state index contributed by atoms with van der Waals surface area (Å²) in [6.07, 6.45) is 8.42. The van der Waals surface area contributed by atoms with Crippen LogP contribution in [0.2, 0.25) is 0 Å². The lowest BCUT2D eigenvalue weighted by molar-refractivity contribution is 0.470. The molecule has 20 heavy (non-hydrogen) atoms. The molecular weight excluding hydrogens is 252 g/mol. The first-order valence-corrected chi connectivity index (χ1v) is 7.41. The van der Waals surface area contributed by atoms with Crippen LogP contribution >= 0.6 is 0 Å². The first kappa shape index (κ1) is 14.9. The molecule has 0 aromatic carbocycles.